The molecule has 1 aliphatic rings. The summed E-state index contributed by atoms with van der Waals surface area (Å²) in [5.41, 5.74) is -2.88. The summed E-state index contributed by atoms with van der Waals surface area (Å²) in [5, 5.41) is 1.91. The minimum atomic E-state index is -5.24. The second-order valence-electron chi connectivity index (χ2n) is 9.74. The molecular weight excluding hydrogens is 457 g/mol. The van der Waals surface area contributed by atoms with Gasteiger partial charge in [0, 0.05) is 17.8 Å². The quantitative estimate of drug-likeness (QED) is 0.628. The van der Waals surface area contributed by atoms with E-state index in [1.807, 2.05) is 32.2 Å². The summed E-state index contributed by atoms with van der Waals surface area (Å²) in [7, 11) is 0. The number of carbonyl (C=O) groups excluding carboxylic acids is 3. The second-order valence-corrected chi connectivity index (χ2v) is 9.74. The predicted octanol–water partition coefficient (Wildman–Crippen LogP) is 4.96. The third kappa shape index (κ3) is 4.88. The first-order valence-electron chi connectivity index (χ1n) is 11.3. The van der Waals surface area contributed by atoms with Crippen LogP contribution in [0.3, 0.4) is 0 Å². The lowest BCUT2D eigenvalue weighted by Crippen LogP contribution is -2.66. The van der Waals surface area contributed by atoms with Crippen molar-refractivity contribution < 1.29 is 27.6 Å². The normalized spacial score (nSPS) is 18.7. The molecule has 1 unspecified atom stereocenters. The molecule has 1 aliphatic heterocycles. The Hall–Kier alpha value is -3.42. The molecule has 8 heteroatoms. The Morgan fingerprint density at radius 1 is 0.971 bits per heavy atom. The highest BCUT2D eigenvalue weighted by atomic mass is 19.4. The number of hydrogen-bond acceptors (Lipinski definition) is 3. The minimum absolute atomic E-state index is 0.0438. The molecule has 186 valence electrons. The van der Waals surface area contributed by atoms with Crippen molar-refractivity contribution in [1.29, 1.82) is 0 Å². The lowest BCUT2D eigenvalue weighted by molar-refractivity contribution is -0.190. The summed E-state index contributed by atoms with van der Waals surface area (Å²) in [6.45, 7) is 8.10. The van der Waals surface area contributed by atoms with Gasteiger partial charge in [0.25, 0.3) is 11.8 Å². The van der Waals surface area contributed by atoms with E-state index in [0.717, 1.165) is 23.0 Å². The lowest BCUT2D eigenvalue weighted by Gasteiger charge is -2.33. The molecule has 2 aromatic carbocycles. The van der Waals surface area contributed by atoms with E-state index in [1.165, 1.54) is 19.1 Å². The molecule has 2 amide bonds. The minimum Gasteiger partial charge on any atom is -0.326 e. The number of nitrogens with one attached hydrogen (secondary N) is 1. The van der Waals surface area contributed by atoms with Crippen molar-refractivity contribution >= 4 is 17.6 Å². The summed E-state index contributed by atoms with van der Waals surface area (Å²) in [6.07, 6.45) is -4.96. The fraction of sp³-hybridized carbons (Fsp3) is 0.370. The fourth-order valence-corrected chi connectivity index (χ4v) is 4.36. The topological polar surface area (TPSA) is 66.5 Å². The molecule has 0 fully saturated rings. The SMILES string of the molecule is CC(=O)C1=C(C)N(CCc2ccccc2)C(=O)C1(NC(=O)c1ccc(C(C)(C)C)cc1)C(F)(F)F. The number of nitrogens with zero attached hydrogens (tertiary/aromatic N) is 1. The zero-order chi connectivity index (χ0) is 26.2. The molecule has 35 heavy (non-hydrogen) atoms. The molecule has 1 N–H and O–H groups in total. The monoisotopic (exact) mass is 486 g/mol. The van der Waals surface area contributed by atoms with E-state index < -0.39 is 34.9 Å². The highest BCUT2D eigenvalue weighted by molar-refractivity contribution is 6.13. The highest BCUT2D eigenvalue weighted by Crippen LogP contribution is 2.45. The maximum Gasteiger partial charge on any atom is 0.425 e. The van der Waals surface area contributed by atoms with Crippen molar-refractivity contribution in [3.8, 4) is 0 Å². The summed E-state index contributed by atoms with van der Waals surface area (Å²) in [6, 6.07) is 15.1. The zero-order valence-electron chi connectivity index (χ0n) is 20.4. The van der Waals surface area contributed by atoms with Crippen molar-refractivity contribution in [3.63, 3.8) is 0 Å². The van der Waals surface area contributed by atoms with Crippen molar-refractivity contribution in [2.45, 2.75) is 58.2 Å². The third-order valence-electron chi connectivity index (χ3n) is 6.27. The first kappa shape index (κ1) is 26.2. The first-order valence-corrected chi connectivity index (χ1v) is 11.3. The number of hydrogen-bond donors (Lipinski definition) is 1. The molecule has 1 heterocycles. The smallest absolute Gasteiger partial charge is 0.326 e. The molecule has 0 radical (unpaired) electrons. The summed E-state index contributed by atoms with van der Waals surface area (Å²) in [5.74, 6) is -3.41. The lowest BCUT2D eigenvalue weighted by atomic mass is 9.85. The molecule has 0 spiro atoms. The largest absolute Gasteiger partial charge is 0.425 e. The Balaban J connectivity index is 2.00. The van der Waals surface area contributed by atoms with Crippen LogP contribution in [0.25, 0.3) is 0 Å². The van der Waals surface area contributed by atoms with Gasteiger partial charge in [0.2, 0.25) is 5.54 Å². The Labute approximate surface area is 203 Å². The number of carbonyl (C=O) groups is 3. The summed E-state index contributed by atoms with van der Waals surface area (Å²) < 4.78 is 43.9. The number of allylic oxidation sites excluding steroid dienone is 1. The molecule has 1 atom stereocenters. The molecule has 5 nitrogen and oxygen atoms in total. The Morgan fingerprint density at radius 3 is 2.03 bits per heavy atom. The molecular formula is C27H29F3N2O3. The van der Waals surface area contributed by atoms with Crippen LogP contribution in [0, 0.1) is 0 Å². The van der Waals surface area contributed by atoms with E-state index in [2.05, 4.69) is 0 Å². The van der Waals surface area contributed by atoms with Gasteiger partial charge in [-0.15, -0.1) is 0 Å². The van der Waals surface area contributed by atoms with Gasteiger partial charge in [0.15, 0.2) is 5.78 Å². The van der Waals surface area contributed by atoms with Crippen molar-refractivity contribution in [2.24, 2.45) is 0 Å². The molecule has 2 aromatic rings. The maximum atomic E-state index is 14.6. The number of amides is 2. The van der Waals surface area contributed by atoms with Crippen LogP contribution in [0.15, 0.2) is 65.9 Å². The van der Waals surface area contributed by atoms with Gasteiger partial charge >= 0.3 is 6.18 Å². The maximum absolute atomic E-state index is 14.6. The van der Waals surface area contributed by atoms with Crippen molar-refractivity contribution in [3.05, 3.63) is 82.6 Å². The Morgan fingerprint density at radius 2 is 1.54 bits per heavy atom. The summed E-state index contributed by atoms with van der Waals surface area (Å²) >= 11 is 0. The van der Waals surface area contributed by atoms with Crippen LogP contribution in [-0.2, 0) is 21.4 Å². The second kappa shape index (κ2) is 9.32. The number of Topliss-reactive ketones (excluding diaryl/α,β-unsaturated/α-hetero) is 1. The third-order valence-corrected chi connectivity index (χ3v) is 6.27. The van der Waals surface area contributed by atoms with Crippen LogP contribution in [0.5, 0.6) is 0 Å². The Kier molecular flexibility index (Phi) is 6.97. The van der Waals surface area contributed by atoms with Crippen LogP contribution >= 0.6 is 0 Å². The number of alkyl halides is 3. The van der Waals surface area contributed by atoms with E-state index in [1.54, 1.807) is 36.4 Å². The van der Waals surface area contributed by atoms with Crippen LogP contribution in [-0.4, -0.2) is 40.8 Å². The molecule has 0 aromatic heterocycles. The fourth-order valence-electron chi connectivity index (χ4n) is 4.36. The van der Waals surface area contributed by atoms with Gasteiger partial charge in [-0.1, -0.05) is 63.2 Å². The van der Waals surface area contributed by atoms with Gasteiger partial charge in [0.1, 0.15) is 0 Å². The van der Waals surface area contributed by atoms with Crippen LogP contribution in [0.2, 0.25) is 0 Å². The van der Waals surface area contributed by atoms with Gasteiger partial charge in [-0.25, -0.2) is 0 Å². The molecule has 0 saturated heterocycles. The number of ketones is 1. The van der Waals surface area contributed by atoms with Crippen LogP contribution < -0.4 is 5.32 Å². The van der Waals surface area contributed by atoms with Crippen LogP contribution in [0.4, 0.5) is 13.2 Å². The molecule has 0 saturated carbocycles. The van der Waals surface area contributed by atoms with E-state index >= 15 is 0 Å². The van der Waals surface area contributed by atoms with Crippen LogP contribution in [0.1, 0.15) is 56.1 Å². The van der Waals surface area contributed by atoms with E-state index in [0.29, 0.717) is 0 Å². The van der Waals surface area contributed by atoms with E-state index in [9.17, 15) is 27.6 Å². The number of benzene rings is 2. The van der Waals surface area contributed by atoms with Gasteiger partial charge in [0.05, 0.1) is 5.57 Å². The van der Waals surface area contributed by atoms with Gasteiger partial charge in [-0.05, 0) is 48.9 Å². The zero-order valence-corrected chi connectivity index (χ0v) is 20.4. The van der Waals surface area contributed by atoms with Crippen molar-refractivity contribution in [1.82, 2.24) is 10.2 Å². The van der Waals surface area contributed by atoms with Gasteiger partial charge < -0.3 is 10.2 Å². The van der Waals surface area contributed by atoms with E-state index in [4.69, 9.17) is 0 Å². The molecule has 0 aliphatic carbocycles. The van der Waals surface area contributed by atoms with E-state index in [-0.39, 0.29) is 29.6 Å². The Bertz CT molecular complexity index is 1160. The average molecular weight is 487 g/mol. The average Bonchev–Trinajstić information content (AvgIpc) is 2.99. The molecule has 3 rings (SSSR count). The van der Waals surface area contributed by atoms with Gasteiger partial charge in [-0.3, -0.25) is 14.4 Å². The highest BCUT2D eigenvalue weighted by Gasteiger charge is 2.69. The number of rotatable bonds is 6. The number of halogens is 3. The van der Waals surface area contributed by atoms with Gasteiger partial charge in [-0.2, -0.15) is 13.2 Å². The van der Waals surface area contributed by atoms with Crippen molar-refractivity contribution in [2.75, 3.05) is 6.54 Å². The standard InChI is InChI=1S/C27H29F3N2O3/c1-17-22(18(2)33)26(27(28,29)30,24(35)32(17)16-15-19-9-7-6-8-10-19)31-23(34)20-11-13-21(14-12-20)25(3,4)5/h6-14H,15-16H2,1-5H3,(H,31,34). The summed E-state index contributed by atoms with van der Waals surface area (Å²) in [4.78, 5) is 39.8. The molecule has 0 bridgehead atoms. The first-order chi connectivity index (χ1) is 16.2. The predicted molar refractivity (Wildman–Crippen MR) is 127 cm³/mol.